The minimum Gasteiger partial charge on any atom is -0.493 e. The Labute approximate surface area is 80.0 Å². The zero-order chi connectivity index (χ0) is 9.52. The van der Waals surface area contributed by atoms with Crippen LogP contribution in [-0.4, -0.2) is 6.61 Å². The van der Waals surface area contributed by atoms with E-state index in [-0.39, 0.29) is 0 Å². The molecule has 0 aliphatic heterocycles. The Morgan fingerprint density at radius 1 is 1.31 bits per heavy atom. The van der Waals surface area contributed by atoms with Crippen LogP contribution in [0.2, 0.25) is 0 Å². The maximum Gasteiger partial charge on any atom is 0.119 e. The SMILES string of the molecule is C/C=C/[C@@H](C)COc1ccccc1. The van der Waals surface area contributed by atoms with Gasteiger partial charge in [0.15, 0.2) is 0 Å². The molecule has 0 radical (unpaired) electrons. The highest BCUT2D eigenvalue weighted by Crippen LogP contribution is 2.10. The topological polar surface area (TPSA) is 9.23 Å². The van der Waals surface area contributed by atoms with Gasteiger partial charge in [0.25, 0.3) is 0 Å². The van der Waals surface area contributed by atoms with Crippen molar-refractivity contribution in [1.82, 2.24) is 0 Å². The monoisotopic (exact) mass is 176 g/mol. The third kappa shape index (κ3) is 3.79. The second-order valence-corrected chi connectivity index (χ2v) is 3.13. The van der Waals surface area contributed by atoms with Crippen molar-refractivity contribution in [2.45, 2.75) is 13.8 Å². The van der Waals surface area contributed by atoms with E-state index in [0.717, 1.165) is 12.4 Å². The fourth-order valence-corrected chi connectivity index (χ4v) is 1.13. The normalized spacial score (nSPS) is 13.1. The Morgan fingerprint density at radius 2 is 2.00 bits per heavy atom. The lowest BCUT2D eigenvalue weighted by atomic mass is 10.2. The largest absolute Gasteiger partial charge is 0.493 e. The number of hydrogen-bond acceptors (Lipinski definition) is 1. The molecule has 70 valence electrons. The predicted octanol–water partition coefficient (Wildman–Crippen LogP) is 3.28. The molecule has 0 N–H and O–H groups in total. The predicted molar refractivity (Wildman–Crippen MR) is 55.9 cm³/mol. The van der Waals surface area contributed by atoms with E-state index in [1.807, 2.05) is 37.3 Å². The zero-order valence-corrected chi connectivity index (χ0v) is 8.23. The third-order valence-electron chi connectivity index (χ3n) is 1.78. The fourth-order valence-electron chi connectivity index (χ4n) is 1.13. The standard InChI is InChI=1S/C12H16O/c1-3-7-11(2)10-13-12-8-5-4-6-9-12/h3-9,11H,10H2,1-2H3/b7-3+/t11-/m1/s1. The lowest BCUT2D eigenvalue weighted by molar-refractivity contribution is 0.285. The summed E-state index contributed by atoms with van der Waals surface area (Å²) in [5.41, 5.74) is 0. The minimum atomic E-state index is 0.477. The zero-order valence-electron chi connectivity index (χ0n) is 8.23. The maximum atomic E-state index is 5.57. The molecule has 0 fully saturated rings. The lowest BCUT2D eigenvalue weighted by Crippen LogP contribution is -2.05. The molecule has 0 aromatic heterocycles. The van der Waals surface area contributed by atoms with Crippen LogP contribution in [0.15, 0.2) is 42.5 Å². The minimum absolute atomic E-state index is 0.477. The Morgan fingerprint density at radius 3 is 2.62 bits per heavy atom. The molecule has 0 saturated carbocycles. The van der Waals surface area contributed by atoms with E-state index in [9.17, 15) is 0 Å². The van der Waals surface area contributed by atoms with E-state index in [1.165, 1.54) is 0 Å². The summed E-state index contributed by atoms with van der Waals surface area (Å²) >= 11 is 0. The van der Waals surface area contributed by atoms with Gasteiger partial charge in [-0.25, -0.2) is 0 Å². The van der Waals surface area contributed by atoms with Crippen LogP contribution in [0.5, 0.6) is 5.75 Å². The summed E-state index contributed by atoms with van der Waals surface area (Å²) in [7, 11) is 0. The quantitative estimate of drug-likeness (QED) is 0.640. The van der Waals surface area contributed by atoms with Crippen LogP contribution >= 0.6 is 0 Å². The van der Waals surface area contributed by atoms with E-state index in [4.69, 9.17) is 4.74 Å². The first-order chi connectivity index (χ1) is 6.33. The van der Waals surface area contributed by atoms with Gasteiger partial charge in [0.05, 0.1) is 6.61 Å². The number of hydrogen-bond donors (Lipinski definition) is 0. The van der Waals surface area contributed by atoms with E-state index < -0.39 is 0 Å². The van der Waals surface area contributed by atoms with E-state index in [2.05, 4.69) is 19.1 Å². The van der Waals surface area contributed by atoms with Gasteiger partial charge < -0.3 is 4.74 Å². The maximum absolute atomic E-state index is 5.57. The van der Waals surface area contributed by atoms with Crippen molar-refractivity contribution in [2.75, 3.05) is 6.61 Å². The summed E-state index contributed by atoms with van der Waals surface area (Å²) in [6.07, 6.45) is 4.20. The van der Waals surface area contributed by atoms with Gasteiger partial charge in [0.2, 0.25) is 0 Å². The van der Waals surface area contributed by atoms with Crippen LogP contribution in [0.1, 0.15) is 13.8 Å². The van der Waals surface area contributed by atoms with Gasteiger partial charge in [-0.3, -0.25) is 0 Å². The van der Waals surface area contributed by atoms with Gasteiger partial charge in [-0.05, 0) is 19.1 Å². The fraction of sp³-hybridized carbons (Fsp3) is 0.333. The van der Waals surface area contributed by atoms with Gasteiger partial charge in [-0.1, -0.05) is 37.3 Å². The summed E-state index contributed by atoms with van der Waals surface area (Å²) in [6.45, 7) is 4.91. The van der Waals surface area contributed by atoms with Gasteiger partial charge in [-0.2, -0.15) is 0 Å². The molecule has 1 nitrogen and oxygen atoms in total. The van der Waals surface area contributed by atoms with E-state index in [0.29, 0.717) is 5.92 Å². The van der Waals surface area contributed by atoms with Gasteiger partial charge in [-0.15, -0.1) is 0 Å². The average molecular weight is 176 g/mol. The van der Waals surface area contributed by atoms with Crippen LogP contribution < -0.4 is 4.74 Å². The molecule has 0 saturated heterocycles. The van der Waals surface area contributed by atoms with Crippen molar-refractivity contribution >= 4 is 0 Å². The van der Waals surface area contributed by atoms with Gasteiger partial charge >= 0.3 is 0 Å². The highest BCUT2D eigenvalue weighted by molar-refractivity contribution is 5.20. The van der Waals surface area contributed by atoms with Crippen LogP contribution in [0.4, 0.5) is 0 Å². The second-order valence-electron chi connectivity index (χ2n) is 3.13. The molecule has 1 atom stereocenters. The number of ether oxygens (including phenoxy) is 1. The van der Waals surface area contributed by atoms with Crippen molar-refractivity contribution in [3.63, 3.8) is 0 Å². The highest BCUT2D eigenvalue weighted by atomic mass is 16.5. The van der Waals surface area contributed by atoms with Crippen LogP contribution in [0.3, 0.4) is 0 Å². The van der Waals surface area contributed by atoms with Crippen LogP contribution in [0.25, 0.3) is 0 Å². The van der Waals surface area contributed by atoms with Crippen molar-refractivity contribution in [2.24, 2.45) is 5.92 Å². The number of rotatable bonds is 4. The van der Waals surface area contributed by atoms with Crippen molar-refractivity contribution in [3.05, 3.63) is 42.5 Å². The summed E-state index contributed by atoms with van der Waals surface area (Å²) in [5.74, 6) is 1.42. The molecule has 0 aliphatic carbocycles. The third-order valence-corrected chi connectivity index (χ3v) is 1.78. The number of benzene rings is 1. The average Bonchev–Trinajstić information content (AvgIpc) is 2.17. The Bertz CT molecular complexity index is 251. The summed E-state index contributed by atoms with van der Waals surface area (Å²) in [6, 6.07) is 9.90. The van der Waals surface area contributed by atoms with E-state index in [1.54, 1.807) is 0 Å². The van der Waals surface area contributed by atoms with E-state index >= 15 is 0 Å². The molecule has 1 rings (SSSR count). The van der Waals surface area contributed by atoms with Crippen molar-refractivity contribution in [3.8, 4) is 5.75 Å². The Balaban J connectivity index is 2.35. The molecule has 0 amide bonds. The number of para-hydroxylation sites is 1. The summed E-state index contributed by atoms with van der Waals surface area (Å²) in [5, 5.41) is 0. The first-order valence-corrected chi connectivity index (χ1v) is 4.63. The van der Waals surface area contributed by atoms with Crippen molar-refractivity contribution in [1.29, 1.82) is 0 Å². The molecular formula is C12H16O. The number of allylic oxidation sites excluding steroid dienone is 1. The lowest BCUT2D eigenvalue weighted by Gasteiger charge is -2.08. The van der Waals surface area contributed by atoms with Crippen LogP contribution in [0, 0.1) is 5.92 Å². The first-order valence-electron chi connectivity index (χ1n) is 4.63. The molecule has 0 spiro atoms. The molecular weight excluding hydrogens is 160 g/mol. The smallest absolute Gasteiger partial charge is 0.119 e. The van der Waals surface area contributed by atoms with Gasteiger partial charge in [0, 0.05) is 5.92 Å². The first kappa shape index (κ1) is 9.85. The van der Waals surface area contributed by atoms with Gasteiger partial charge in [0.1, 0.15) is 5.75 Å². The molecule has 13 heavy (non-hydrogen) atoms. The summed E-state index contributed by atoms with van der Waals surface area (Å²) < 4.78 is 5.57. The Hall–Kier alpha value is -1.24. The molecule has 1 aromatic carbocycles. The Kier molecular flexibility index (Phi) is 4.10. The van der Waals surface area contributed by atoms with Crippen molar-refractivity contribution < 1.29 is 4.74 Å². The second kappa shape index (κ2) is 5.41. The molecule has 1 heteroatoms. The molecule has 0 bridgehead atoms. The molecule has 1 aromatic rings. The molecule has 0 unspecified atom stereocenters. The molecule has 0 aliphatic rings. The highest BCUT2D eigenvalue weighted by Gasteiger charge is 1.97. The summed E-state index contributed by atoms with van der Waals surface area (Å²) in [4.78, 5) is 0. The molecule has 0 heterocycles. The van der Waals surface area contributed by atoms with Crippen LogP contribution in [-0.2, 0) is 0 Å².